The van der Waals surface area contributed by atoms with Crippen molar-refractivity contribution in [2.45, 2.75) is 17.9 Å². The molecule has 0 saturated carbocycles. The minimum atomic E-state index is -0.274. The first-order chi connectivity index (χ1) is 11.6. The van der Waals surface area contributed by atoms with Crippen LogP contribution in [0.4, 0.5) is 4.39 Å². The summed E-state index contributed by atoms with van der Waals surface area (Å²) in [5.74, 6) is 0.0401. The number of benzene rings is 3. The molecule has 24 heavy (non-hydrogen) atoms. The first kappa shape index (κ1) is 16.5. The Bertz CT molecular complexity index is 848. The van der Waals surface area contributed by atoms with Crippen molar-refractivity contribution < 1.29 is 9.18 Å². The van der Waals surface area contributed by atoms with Gasteiger partial charge in [-0.2, -0.15) is 0 Å². The van der Waals surface area contributed by atoms with Gasteiger partial charge in [0.2, 0.25) is 5.91 Å². The third kappa shape index (κ3) is 4.15. The average Bonchev–Trinajstić information content (AvgIpc) is 2.60. The maximum atomic E-state index is 12.9. The summed E-state index contributed by atoms with van der Waals surface area (Å²) in [7, 11) is 0. The van der Waals surface area contributed by atoms with E-state index in [0.717, 1.165) is 10.5 Å². The monoisotopic (exact) mass is 339 g/mol. The largest absolute Gasteiger partial charge is 0.349 e. The number of halogens is 1. The fourth-order valence-electron chi connectivity index (χ4n) is 2.52. The van der Waals surface area contributed by atoms with Gasteiger partial charge >= 0.3 is 0 Å². The second-order valence-corrected chi connectivity index (χ2v) is 6.69. The Hall–Kier alpha value is -2.33. The van der Waals surface area contributed by atoms with Crippen LogP contribution in [0.3, 0.4) is 0 Å². The molecule has 0 aliphatic carbocycles. The van der Waals surface area contributed by atoms with Gasteiger partial charge in [-0.15, -0.1) is 11.8 Å². The van der Waals surface area contributed by atoms with Crippen molar-refractivity contribution in [3.63, 3.8) is 0 Å². The van der Waals surface area contributed by atoms with Gasteiger partial charge < -0.3 is 5.32 Å². The van der Waals surface area contributed by atoms with E-state index in [1.54, 1.807) is 12.1 Å². The molecule has 0 radical (unpaired) electrons. The number of carbonyl (C=O) groups is 1. The molecule has 0 fully saturated rings. The highest BCUT2D eigenvalue weighted by molar-refractivity contribution is 8.00. The zero-order chi connectivity index (χ0) is 16.9. The maximum Gasteiger partial charge on any atom is 0.230 e. The molecule has 0 bridgehead atoms. The molecule has 3 rings (SSSR count). The number of amides is 1. The smallest absolute Gasteiger partial charge is 0.230 e. The highest BCUT2D eigenvalue weighted by Gasteiger charge is 2.10. The number of hydrogen-bond acceptors (Lipinski definition) is 2. The number of rotatable bonds is 5. The highest BCUT2D eigenvalue weighted by Crippen LogP contribution is 2.23. The summed E-state index contributed by atoms with van der Waals surface area (Å²) in [6.07, 6.45) is 0. The van der Waals surface area contributed by atoms with Crippen LogP contribution >= 0.6 is 11.8 Å². The molecular weight excluding hydrogens is 321 g/mol. The number of fused-ring (bicyclic) bond motifs is 1. The van der Waals surface area contributed by atoms with E-state index < -0.39 is 0 Å². The molecule has 0 aliphatic rings. The third-order valence-electron chi connectivity index (χ3n) is 3.84. The van der Waals surface area contributed by atoms with Gasteiger partial charge in [-0.1, -0.05) is 42.5 Å². The molecule has 0 saturated heterocycles. The van der Waals surface area contributed by atoms with Gasteiger partial charge in [0.05, 0.1) is 11.8 Å². The number of nitrogens with one attached hydrogen (secondary N) is 1. The molecule has 3 aromatic carbocycles. The van der Waals surface area contributed by atoms with Crippen molar-refractivity contribution in [2.75, 3.05) is 5.75 Å². The first-order valence-electron chi connectivity index (χ1n) is 7.78. The van der Waals surface area contributed by atoms with Gasteiger partial charge in [0.1, 0.15) is 5.82 Å². The molecule has 2 nitrogen and oxygen atoms in total. The number of carbonyl (C=O) groups excluding carboxylic acids is 1. The molecule has 0 aromatic heterocycles. The van der Waals surface area contributed by atoms with Gasteiger partial charge in [-0.25, -0.2) is 4.39 Å². The van der Waals surface area contributed by atoms with Crippen LogP contribution in [0.5, 0.6) is 0 Å². The van der Waals surface area contributed by atoms with E-state index >= 15 is 0 Å². The minimum absolute atomic E-state index is 0.0371. The lowest BCUT2D eigenvalue weighted by molar-refractivity contribution is -0.119. The van der Waals surface area contributed by atoms with Crippen molar-refractivity contribution in [3.05, 3.63) is 78.1 Å². The quantitative estimate of drug-likeness (QED) is 0.667. The fraction of sp³-hybridized carbons (Fsp3) is 0.150. The lowest BCUT2D eigenvalue weighted by Crippen LogP contribution is -2.28. The first-order valence-corrected chi connectivity index (χ1v) is 8.77. The zero-order valence-electron chi connectivity index (χ0n) is 13.3. The Balaban J connectivity index is 1.57. The SMILES string of the molecule is C[C@H](NC(=O)CSc1ccc2ccccc2c1)c1ccc(F)cc1. The summed E-state index contributed by atoms with van der Waals surface area (Å²) in [5.41, 5.74) is 0.889. The van der Waals surface area contributed by atoms with Crippen molar-refractivity contribution in [2.24, 2.45) is 0 Å². The molecule has 122 valence electrons. The summed E-state index contributed by atoms with van der Waals surface area (Å²) in [5, 5.41) is 5.30. The van der Waals surface area contributed by atoms with Crippen molar-refractivity contribution in [3.8, 4) is 0 Å². The van der Waals surface area contributed by atoms with Crippen molar-refractivity contribution >= 4 is 28.4 Å². The van der Waals surface area contributed by atoms with E-state index in [9.17, 15) is 9.18 Å². The van der Waals surface area contributed by atoms with Gasteiger partial charge in [-0.05, 0) is 47.5 Å². The minimum Gasteiger partial charge on any atom is -0.349 e. The van der Waals surface area contributed by atoms with E-state index in [2.05, 4.69) is 29.6 Å². The van der Waals surface area contributed by atoms with Gasteiger partial charge in [0, 0.05) is 4.90 Å². The van der Waals surface area contributed by atoms with Crippen LogP contribution in [0, 0.1) is 5.82 Å². The summed E-state index contributed by atoms with van der Waals surface area (Å²) in [4.78, 5) is 13.2. The molecule has 0 aliphatic heterocycles. The van der Waals surface area contributed by atoms with Crippen LogP contribution in [-0.2, 0) is 4.79 Å². The molecular formula is C20H18FNOS. The molecule has 0 unspecified atom stereocenters. The normalized spacial score (nSPS) is 12.1. The molecule has 1 amide bonds. The van der Waals surface area contributed by atoms with Crippen LogP contribution in [-0.4, -0.2) is 11.7 Å². The topological polar surface area (TPSA) is 29.1 Å². The standard InChI is InChI=1S/C20H18FNOS/c1-14(15-6-9-18(21)10-7-15)22-20(23)13-24-19-11-8-16-4-2-3-5-17(16)12-19/h2-12,14H,13H2,1H3,(H,22,23)/t14-/m0/s1. The third-order valence-corrected chi connectivity index (χ3v) is 4.83. The second kappa shape index (κ2) is 7.49. The van der Waals surface area contributed by atoms with Gasteiger partial charge in [0.15, 0.2) is 0 Å². The lowest BCUT2D eigenvalue weighted by atomic mass is 10.1. The predicted molar refractivity (Wildman–Crippen MR) is 97.6 cm³/mol. The van der Waals surface area contributed by atoms with Crippen molar-refractivity contribution in [1.82, 2.24) is 5.32 Å². The van der Waals surface area contributed by atoms with Crippen molar-refractivity contribution in [1.29, 1.82) is 0 Å². The Morgan fingerprint density at radius 2 is 1.75 bits per heavy atom. The summed E-state index contributed by atoms with van der Waals surface area (Å²) in [6.45, 7) is 1.89. The van der Waals surface area contributed by atoms with Gasteiger partial charge in [-0.3, -0.25) is 4.79 Å². The van der Waals surface area contributed by atoms with Crippen LogP contribution in [0.1, 0.15) is 18.5 Å². The molecule has 0 heterocycles. The van der Waals surface area contributed by atoms with E-state index in [4.69, 9.17) is 0 Å². The van der Waals surface area contributed by atoms with Gasteiger partial charge in [0.25, 0.3) is 0 Å². The Kier molecular flexibility index (Phi) is 5.16. The van der Waals surface area contributed by atoms with E-state index in [-0.39, 0.29) is 17.8 Å². The molecule has 4 heteroatoms. The molecule has 3 aromatic rings. The lowest BCUT2D eigenvalue weighted by Gasteiger charge is -2.14. The average molecular weight is 339 g/mol. The molecule has 1 atom stereocenters. The van der Waals surface area contributed by atoms with Crippen LogP contribution in [0.15, 0.2) is 71.6 Å². The number of thioether (sulfide) groups is 1. The predicted octanol–water partition coefficient (Wildman–Crippen LogP) is 4.95. The summed E-state index contributed by atoms with van der Waals surface area (Å²) >= 11 is 1.51. The molecule has 1 N–H and O–H groups in total. The van der Waals surface area contributed by atoms with E-state index in [0.29, 0.717) is 5.75 Å². The zero-order valence-corrected chi connectivity index (χ0v) is 14.1. The van der Waals surface area contributed by atoms with E-state index in [1.165, 1.54) is 34.7 Å². The van der Waals surface area contributed by atoms with E-state index in [1.807, 2.05) is 25.1 Å². The highest BCUT2D eigenvalue weighted by atomic mass is 32.2. The molecule has 0 spiro atoms. The second-order valence-electron chi connectivity index (χ2n) is 5.64. The van der Waals surface area contributed by atoms with Crippen LogP contribution in [0.25, 0.3) is 10.8 Å². The summed E-state index contributed by atoms with van der Waals surface area (Å²) in [6, 6.07) is 20.4. The summed E-state index contributed by atoms with van der Waals surface area (Å²) < 4.78 is 12.9. The Morgan fingerprint density at radius 1 is 1.04 bits per heavy atom. The fourth-order valence-corrected chi connectivity index (χ4v) is 3.28. The Labute approximate surface area is 145 Å². The number of hydrogen-bond donors (Lipinski definition) is 1. The van der Waals surface area contributed by atoms with Crippen LogP contribution in [0.2, 0.25) is 0 Å². The maximum absolute atomic E-state index is 12.9. The Morgan fingerprint density at radius 3 is 2.50 bits per heavy atom. The van der Waals surface area contributed by atoms with Crippen LogP contribution < -0.4 is 5.32 Å².